The van der Waals surface area contributed by atoms with Crippen LogP contribution in [-0.2, 0) is 4.74 Å². The number of esters is 1. The van der Waals surface area contributed by atoms with Crippen molar-refractivity contribution in [3.8, 4) is 17.1 Å². The molecule has 0 aliphatic rings. The minimum absolute atomic E-state index is 0.124. The SMILES string of the molecule is COC(=O)c1cc(=O)cc(-c2ccc(OC)cc2)o1. The molecule has 0 N–H and O–H groups in total. The Hall–Kier alpha value is -2.56. The van der Waals surface area contributed by atoms with E-state index >= 15 is 0 Å². The van der Waals surface area contributed by atoms with Crippen molar-refractivity contribution in [2.24, 2.45) is 0 Å². The molecular weight excluding hydrogens is 248 g/mol. The van der Waals surface area contributed by atoms with E-state index in [1.54, 1.807) is 31.4 Å². The lowest BCUT2D eigenvalue weighted by Gasteiger charge is -2.04. The van der Waals surface area contributed by atoms with E-state index in [9.17, 15) is 9.59 Å². The third-order valence-electron chi connectivity index (χ3n) is 2.53. The van der Waals surface area contributed by atoms with Gasteiger partial charge in [-0.1, -0.05) is 0 Å². The first-order chi connectivity index (χ1) is 9.13. The molecule has 1 heterocycles. The second kappa shape index (κ2) is 5.39. The van der Waals surface area contributed by atoms with Crippen LogP contribution in [0.4, 0.5) is 0 Å². The topological polar surface area (TPSA) is 65.7 Å². The first kappa shape index (κ1) is 12.9. The van der Waals surface area contributed by atoms with E-state index in [0.29, 0.717) is 17.1 Å². The number of ether oxygens (including phenoxy) is 2. The molecule has 0 saturated carbocycles. The standard InChI is InChI=1S/C14H12O5/c1-17-11-5-3-9(4-6-11)12-7-10(15)8-13(19-12)14(16)18-2/h3-8H,1-2H3. The zero-order chi connectivity index (χ0) is 13.8. The lowest BCUT2D eigenvalue weighted by atomic mass is 10.1. The lowest BCUT2D eigenvalue weighted by Crippen LogP contribution is -2.07. The van der Waals surface area contributed by atoms with Crippen LogP contribution in [0.1, 0.15) is 10.6 Å². The normalized spacial score (nSPS) is 10.0. The molecule has 0 aliphatic carbocycles. The number of carbonyl (C=O) groups excluding carboxylic acids is 1. The van der Waals surface area contributed by atoms with Crippen LogP contribution in [0.3, 0.4) is 0 Å². The van der Waals surface area contributed by atoms with E-state index in [2.05, 4.69) is 4.74 Å². The maximum Gasteiger partial charge on any atom is 0.374 e. The third-order valence-corrected chi connectivity index (χ3v) is 2.53. The predicted molar refractivity (Wildman–Crippen MR) is 68.3 cm³/mol. The number of methoxy groups -OCH3 is 2. The van der Waals surface area contributed by atoms with Gasteiger partial charge in [0, 0.05) is 17.7 Å². The average molecular weight is 260 g/mol. The molecule has 0 radical (unpaired) electrons. The van der Waals surface area contributed by atoms with Crippen molar-refractivity contribution in [1.82, 2.24) is 0 Å². The van der Waals surface area contributed by atoms with Gasteiger partial charge in [-0.05, 0) is 24.3 Å². The highest BCUT2D eigenvalue weighted by molar-refractivity contribution is 5.86. The molecule has 2 aromatic rings. The van der Waals surface area contributed by atoms with E-state index in [-0.39, 0.29) is 11.2 Å². The number of carbonyl (C=O) groups is 1. The Bertz CT molecular complexity index is 640. The smallest absolute Gasteiger partial charge is 0.374 e. The van der Waals surface area contributed by atoms with E-state index in [1.807, 2.05) is 0 Å². The molecular formula is C14H12O5. The Morgan fingerprint density at radius 2 is 1.79 bits per heavy atom. The first-order valence-electron chi connectivity index (χ1n) is 5.52. The second-order valence-corrected chi connectivity index (χ2v) is 3.74. The summed E-state index contributed by atoms with van der Waals surface area (Å²) in [4.78, 5) is 22.9. The summed E-state index contributed by atoms with van der Waals surface area (Å²) in [7, 11) is 2.79. The fourth-order valence-corrected chi connectivity index (χ4v) is 1.58. The fourth-order valence-electron chi connectivity index (χ4n) is 1.58. The summed E-state index contributed by atoms with van der Waals surface area (Å²) < 4.78 is 14.9. The van der Waals surface area contributed by atoms with Crippen LogP contribution in [0.2, 0.25) is 0 Å². The van der Waals surface area contributed by atoms with E-state index < -0.39 is 5.97 Å². The summed E-state index contributed by atoms with van der Waals surface area (Å²) in [5, 5.41) is 0. The molecule has 0 atom stereocenters. The van der Waals surface area contributed by atoms with Crippen LogP contribution in [0.15, 0.2) is 45.6 Å². The molecule has 0 spiro atoms. The Kier molecular flexibility index (Phi) is 3.66. The van der Waals surface area contributed by atoms with Gasteiger partial charge in [0.05, 0.1) is 14.2 Å². The van der Waals surface area contributed by atoms with Gasteiger partial charge >= 0.3 is 5.97 Å². The summed E-state index contributed by atoms with van der Waals surface area (Å²) in [6.07, 6.45) is 0. The van der Waals surface area contributed by atoms with Crippen LogP contribution in [0.5, 0.6) is 5.75 Å². The number of benzene rings is 1. The van der Waals surface area contributed by atoms with Crippen LogP contribution in [-0.4, -0.2) is 20.2 Å². The molecule has 98 valence electrons. The van der Waals surface area contributed by atoms with Crippen LogP contribution >= 0.6 is 0 Å². The third kappa shape index (κ3) is 2.82. The monoisotopic (exact) mass is 260 g/mol. The molecule has 5 heteroatoms. The van der Waals surface area contributed by atoms with Gasteiger partial charge in [0.25, 0.3) is 0 Å². The highest BCUT2D eigenvalue weighted by Crippen LogP contribution is 2.22. The van der Waals surface area contributed by atoms with Crippen LogP contribution < -0.4 is 10.2 Å². The van der Waals surface area contributed by atoms with Gasteiger partial charge in [-0.3, -0.25) is 4.79 Å². The van der Waals surface area contributed by atoms with Gasteiger partial charge in [0.1, 0.15) is 11.5 Å². The molecule has 0 saturated heterocycles. The van der Waals surface area contributed by atoms with Crippen molar-refractivity contribution in [1.29, 1.82) is 0 Å². The minimum atomic E-state index is -0.688. The summed E-state index contributed by atoms with van der Waals surface area (Å²) in [6, 6.07) is 9.35. The maximum atomic E-state index is 11.5. The van der Waals surface area contributed by atoms with Gasteiger partial charge < -0.3 is 13.9 Å². The van der Waals surface area contributed by atoms with E-state index in [4.69, 9.17) is 9.15 Å². The minimum Gasteiger partial charge on any atom is -0.497 e. The zero-order valence-corrected chi connectivity index (χ0v) is 10.5. The summed E-state index contributed by atoms with van der Waals surface area (Å²) in [5.41, 5.74) is 0.348. The van der Waals surface area contributed by atoms with Gasteiger partial charge in [-0.2, -0.15) is 0 Å². The summed E-state index contributed by atoms with van der Waals surface area (Å²) in [6.45, 7) is 0. The molecule has 19 heavy (non-hydrogen) atoms. The van der Waals surface area contributed by atoms with E-state index in [0.717, 1.165) is 6.07 Å². The van der Waals surface area contributed by atoms with Crippen LogP contribution in [0.25, 0.3) is 11.3 Å². The van der Waals surface area contributed by atoms with Crippen molar-refractivity contribution in [2.75, 3.05) is 14.2 Å². The van der Waals surface area contributed by atoms with Crippen molar-refractivity contribution < 1.29 is 18.7 Å². The Morgan fingerprint density at radius 3 is 2.37 bits per heavy atom. The number of hydrogen-bond donors (Lipinski definition) is 0. The molecule has 0 aliphatic heterocycles. The molecule has 0 unspecified atom stereocenters. The van der Waals surface area contributed by atoms with Gasteiger partial charge in [0.15, 0.2) is 5.43 Å². The largest absolute Gasteiger partial charge is 0.497 e. The summed E-state index contributed by atoms with van der Waals surface area (Å²) in [5.74, 6) is 0.180. The first-order valence-corrected chi connectivity index (χ1v) is 5.52. The highest BCUT2D eigenvalue weighted by atomic mass is 16.5. The molecule has 5 nitrogen and oxygen atoms in total. The zero-order valence-electron chi connectivity index (χ0n) is 10.5. The van der Waals surface area contributed by atoms with Gasteiger partial charge in [-0.25, -0.2) is 4.79 Å². The van der Waals surface area contributed by atoms with Crippen LogP contribution in [0, 0.1) is 0 Å². The summed E-state index contributed by atoms with van der Waals surface area (Å²) >= 11 is 0. The number of hydrogen-bond acceptors (Lipinski definition) is 5. The van der Waals surface area contributed by atoms with E-state index in [1.165, 1.54) is 13.2 Å². The number of rotatable bonds is 3. The molecule has 0 fully saturated rings. The average Bonchev–Trinajstić information content (AvgIpc) is 2.45. The molecule has 1 aromatic carbocycles. The fraction of sp³-hybridized carbons (Fsp3) is 0.143. The lowest BCUT2D eigenvalue weighted by molar-refractivity contribution is 0.0563. The highest BCUT2D eigenvalue weighted by Gasteiger charge is 2.12. The Morgan fingerprint density at radius 1 is 1.11 bits per heavy atom. The second-order valence-electron chi connectivity index (χ2n) is 3.74. The molecule has 0 amide bonds. The molecule has 1 aromatic heterocycles. The quantitative estimate of drug-likeness (QED) is 0.791. The van der Waals surface area contributed by atoms with Crippen molar-refractivity contribution in [2.45, 2.75) is 0 Å². The maximum absolute atomic E-state index is 11.5. The van der Waals surface area contributed by atoms with Gasteiger partial charge in [0.2, 0.25) is 5.76 Å². The molecule has 0 bridgehead atoms. The Balaban J connectivity index is 2.46. The van der Waals surface area contributed by atoms with Crippen molar-refractivity contribution in [3.05, 3.63) is 52.4 Å². The molecule has 2 rings (SSSR count). The van der Waals surface area contributed by atoms with Crippen molar-refractivity contribution >= 4 is 5.97 Å². The van der Waals surface area contributed by atoms with Gasteiger partial charge in [-0.15, -0.1) is 0 Å². The Labute approximate surface area is 109 Å². The predicted octanol–water partition coefficient (Wildman–Crippen LogP) is 2.10. The van der Waals surface area contributed by atoms with Crippen molar-refractivity contribution in [3.63, 3.8) is 0 Å².